The molecule has 2 heterocycles. The molecule has 2 N–H and O–H groups in total. The number of hydrogen-bond donors (Lipinski definition) is 2. The van der Waals surface area contributed by atoms with Crippen LogP contribution in [0.1, 0.15) is 6.42 Å². The van der Waals surface area contributed by atoms with Gasteiger partial charge in [0.15, 0.2) is 17.2 Å². The molecule has 0 unspecified atom stereocenters. The van der Waals surface area contributed by atoms with Gasteiger partial charge in [0.25, 0.3) is 0 Å². The van der Waals surface area contributed by atoms with Crippen LogP contribution < -0.4 is 24.8 Å². The molecule has 122 valence electrons. The van der Waals surface area contributed by atoms with E-state index in [1.54, 1.807) is 36.4 Å². The van der Waals surface area contributed by atoms with E-state index in [0.29, 0.717) is 28.6 Å². The van der Waals surface area contributed by atoms with Crippen LogP contribution >= 0.6 is 0 Å². The maximum absolute atomic E-state index is 12.2. The van der Waals surface area contributed by atoms with E-state index in [2.05, 4.69) is 10.6 Å². The largest absolute Gasteiger partial charge is 0.454 e. The summed E-state index contributed by atoms with van der Waals surface area (Å²) >= 11 is 0. The van der Waals surface area contributed by atoms with Gasteiger partial charge >= 0.3 is 5.97 Å². The third-order valence-corrected chi connectivity index (χ3v) is 3.76. The number of esters is 1. The zero-order valence-electron chi connectivity index (χ0n) is 12.6. The van der Waals surface area contributed by atoms with Crippen molar-refractivity contribution >= 4 is 23.3 Å². The zero-order chi connectivity index (χ0) is 16.5. The standard InChI is InChI=1S/C17H14N2O5/c20-16(18-10-5-6-14-15(7-10)23-9-22-14)8-12-17(21)24-13-4-2-1-3-11(13)19-12/h1-7,12,19H,8-9H2,(H,18,20)/t12-/m0/s1. The fourth-order valence-electron chi connectivity index (χ4n) is 2.61. The van der Waals surface area contributed by atoms with Crippen LogP contribution in [0, 0.1) is 0 Å². The molecule has 7 nitrogen and oxygen atoms in total. The maximum atomic E-state index is 12.2. The molecule has 2 aliphatic rings. The third-order valence-electron chi connectivity index (χ3n) is 3.76. The van der Waals surface area contributed by atoms with Crippen molar-refractivity contribution in [2.45, 2.75) is 12.5 Å². The topological polar surface area (TPSA) is 85.9 Å². The minimum Gasteiger partial charge on any atom is -0.454 e. The molecular weight excluding hydrogens is 312 g/mol. The maximum Gasteiger partial charge on any atom is 0.334 e. The highest BCUT2D eigenvalue weighted by Gasteiger charge is 2.29. The molecule has 2 aromatic rings. The lowest BCUT2D eigenvalue weighted by Gasteiger charge is -2.25. The molecular formula is C17H14N2O5. The summed E-state index contributed by atoms with van der Waals surface area (Å²) in [6.45, 7) is 0.171. The SMILES string of the molecule is O=C(C[C@@H]1Nc2ccccc2OC1=O)Nc1ccc2c(c1)OCO2. The van der Waals surface area contributed by atoms with Gasteiger partial charge in [0.05, 0.1) is 12.1 Å². The first-order chi connectivity index (χ1) is 11.7. The normalized spacial score (nSPS) is 17.5. The molecule has 24 heavy (non-hydrogen) atoms. The number of anilines is 2. The van der Waals surface area contributed by atoms with Crippen molar-refractivity contribution in [2.24, 2.45) is 0 Å². The Bertz CT molecular complexity index is 820. The Morgan fingerprint density at radius 2 is 1.96 bits per heavy atom. The van der Waals surface area contributed by atoms with Crippen LogP contribution in [0.15, 0.2) is 42.5 Å². The predicted molar refractivity (Wildman–Crippen MR) is 85.3 cm³/mol. The number of fused-ring (bicyclic) bond motifs is 2. The van der Waals surface area contributed by atoms with Crippen molar-refractivity contribution in [3.63, 3.8) is 0 Å². The number of ether oxygens (including phenoxy) is 3. The van der Waals surface area contributed by atoms with Crippen LogP contribution in [-0.4, -0.2) is 24.7 Å². The summed E-state index contributed by atoms with van der Waals surface area (Å²) in [7, 11) is 0. The van der Waals surface area contributed by atoms with Gasteiger partial charge in [-0.1, -0.05) is 12.1 Å². The first-order valence-corrected chi connectivity index (χ1v) is 7.46. The van der Waals surface area contributed by atoms with Crippen molar-refractivity contribution < 1.29 is 23.8 Å². The van der Waals surface area contributed by atoms with E-state index in [4.69, 9.17) is 14.2 Å². The fraction of sp³-hybridized carbons (Fsp3) is 0.176. The molecule has 0 saturated carbocycles. The van der Waals surface area contributed by atoms with Crippen molar-refractivity contribution in [3.8, 4) is 17.2 Å². The number of benzene rings is 2. The van der Waals surface area contributed by atoms with Gasteiger partial charge in [-0.05, 0) is 24.3 Å². The van der Waals surface area contributed by atoms with E-state index in [9.17, 15) is 9.59 Å². The van der Waals surface area contributed by atoms with Crippen LogP contribution in [0.4, 0.5) is 11.4 Å². The Morgan fingerprint density at radius 3 is 2.88 bits per heavy atom. The lowest BCUT2D eigenvalue weighted by atomic mass is 10.1. The van der Waals surface area contributed by atoms with Crippen LogP contribution in [-0.2, 0) is 9.59 Å². The Hall–Kier alpha value is -3.22. The molecule has 0 saturated heterocycles. The van der Waals surface area contributed by atoms with Crippen molar-refractivity contribution in [1.29, 1.82) is 0 Å². The highest BCUT2D eigenvalue weighted by Crippen LogP contribution is 2.34. The third kappa shape index (κ3) is 2.71. The Morgan fingerprint density at radius 1 is 1.12 bits per heavy atom. The molecule has 1 atom stereocenters. The summed E-state index contributed by atoms with van der Waals surface area (Å²) in [5.41, 5.74) is 1.27. The van der Waals surface area contributed by atoms with E-state index in [0.717, 1.165) is 0 Å². The molecule has 7 heteroatoms. The molecule has 2 aliphatic heterocycles. The molecule has 0 radical (unpaired) electrons. The average molecular weight is 326 g/mol. The number of amides is 1. The highest BCUT2D eigenvalue weighted by molar-refractivity contribution is 5.97. The lowest BCUT2D eigenvalue weighted by molar-refractivity contribution is -0.137. The Kier molecular flexibility index (Phi) is 3.45. The average Bonchev–Trinajstić information content (AvgIpc) is 3.03. The van der Waals surface area contributed by atoms with Crippen LogP contribution in [0.2, 0.25) is 0 Å². The molecule has 0 spiro atoms. The zero-order valence-corrected chi connectivity index (χ0v) is 12.6. The van der Waals surface area contributed by atoms with Crippen molar-refractivity contribution in [2.75, 3.05) is 17.4 Å². The molecule has 0 bridgehead atoms. The summed E-state index contributed by atoms with van der Waals surface area (Å²) in [5, 5.41) is 5.77. The van der Waals surface area contributed by atoms with Gasteiger partial charge < -0.3 is 24.8 Å². The second kappa shape index (κ2) is 5.77. The van der Waals surface area contributed by atoms with E-state index < -0.39 is 12.0 Å². The first-order valence-electron chi connectivity index (χ1n) is 7.46. The molecule has 1 amide bonds. The van der Waals surface area contributed by atoms with Gasteiger partial charge in [-0.15, -0.1) is 0 Å². The predicted octanol–water partition coefficient (Wildman–Crippen LogP) is 2.14. The second-order valence-corrected chi connectivity index (χ2v) is 5.43. The number of carbonyl (C=O) groups is 2. The fourth-order valence-corrected chi connectivity index (χ4v) is 2.61. The number of carbonyl (C=O) groups excluding carboxylic acids is 2. The molecule has 4 rings (SSSR count). The Labute approximate surface area is 137 Å². The summed E-state index contributed by atoms with van der Waals surface area (Å²) in [6, 6.07) is 11.5. The van der Waals surface area contributed by atoms with Crippen LogP contribution in [0.25, 0.3) is 0 Å². The number of nitrogens with one attached hydrogen (secondary N) is 2. The van der Waals surface area contributed by atoms with E-state index >= 15 is 0 Å². The van der Waals surface area contributed by atoms with Gasteiger partial charge in [0.2, 0.25) is 12.7 Å². The lowest BCUT2D eigenvalue weighted by Crippen LogP contribution is -2.39. The summed E-state index contributed by atoms with van der Waals surface area (Å²) in [4.78, 5) is 24.2. The molecule has 0 aromatic heterocycles. The van der Waals surface area contributed by atoms with Gasteiger partial charge in [-0.25, -0.2) is 4.79 Å². The highest BCUT2D eigenvalue weighted by atomic mass is 16.7. The summed E-state index contributed by atoms with van der Waals surface area (Å²) in [5.74, 6) is 0.909. The van der Waals surface area contributed by atoms with E-state index in [1.165, 1.54) is 0 Å². The minimum absolute atomic E-state index is 0.0401. The second-order valence-electron chi connectivity index (χ2n) is 5.43. The number of hydrogen-bond acceptors (Lipinski definition) is 6. The molecule has 0 aliphatic carbocycles. The molecule has 0 fully saturated rings. The van der Waals surface area contributed by atoms with Crippen molar-refractivity contribution in [3.05, 3.63) is 42.5 Å². The van der Waals surface area contributed by atoms with Gasteiger partial charge in [0.1, 0.15) is 6.04 Å². The monoisotopic (exact) mass is 326 g/mol. The quantitative estimate of drug-likeness (QED) is 0.664. The van der Waals surface area contributed by atoms with Gasteiger partial charge in [-0.2, -0.15) is 0 Å². The molecule has 2 aromatic carbocycles. The summed E-state index contributed by atoms with van der Waals surface area (Å²) < 4.78 is 15.7. The number of para-hydroxylation sites is 2. The number of rotatable bonds is 3. The van der Waals surface area contributed by atoms with Gasteiger partial charge in [-0.3, -0.25) is 4.79 Å². The van der Waals surface area contributed by atoms with Crippen LogP contribution in [0.5, 0.6) is 17.2 Å². The first kappa shape index (κ1) is 14.4. The minimum atomic E-state index is -0.728. The Balaban J connectivity index is 1.42. The van der Waals surface area contributed by atoms with E-state index in [1.807, 2.05) is 6.07 Å². The smallest absolute Gasteiger partial charge is 0.334 e. The summed E-state index contributed by atoms with van der Waals surface area (Å²) in [6.07, 6.45) is -0.0401. The van der Waals surface area contributed by atoms with Crippen molar-refractivity contribution in [1.82, 2.24) is 0 Å². The van der Waals surface area contributed by atoms with Gasteiger partial charge in [0, 0.05) is 11.8 Å². The van der Waals surface area contributed by atoms with Crippen LogP contribution in [0.3, 0.4) is 0 Å². The van der Waals surface area contributed by atoms with E-state index in [-0.39, 0.29) is 19.1 Å².